The van der Waals surface area contributed by atoms with Crippen molar-refractivity contribution in [2.75, 3.05) is 14.2 Å². The van der Waals surface area contributed by atoms with Crippen molar-refractivity contribution in [3.63, 3.8) is 0 Å². The van der Waals surface area contributed by atoms with Crippen LogP contribution in [-0.4, -0.2) is 37.8 Å². The fourth-order valence-corrected chi connectivity index (χ4v) is 1.57. The minimum absolute atomic E-state index is 0.0545. The van der Waals surface area contributed by atoms with Crippen LogP contribution in [0.3, 0.4) is 0 Å². The van der Waals surface area contributed by atoms with Gasteiger partial charge in [-0.3, -0.25) is 15.6 Å². The number of methoxy groups -OCH3 is 2. The molecule has 1 aromatic carbocycles. The Hall–Kier alpha value is -3.10. The first-order chi connectivity index (χ1) is 10.6. The summed E-state index contributed by atoms with van der Waals surface area (Å²) < 4.78 is 9.51. The van der Waals surface area contributed by atoms with Crippen molar-refractivity contribution in [3.05, 3.63) is 29.8 Å². The molecule has 9 heteroatoms. The second-order valence-electron chi connectivity index (χ2n) is 4.17. The molecule has 9 nitrogen and oxygen atoms in total. The number of ether oxygens (including phenoxy) is 2. The van der Waals surface area contributed by atoms with E-state index >= 15 is 0 Å². The van der Waals surface area contributed by atoms with E-state index in [1.807, 2.05) is 12.1 Å². The van der Waals surface area contributed by atoms with Gasteiger partial charge < -0.3 is 14.8 Å². The Morgan fingerprint density at radius 2 is 1.73 bits per heavy atom. The topological polar surface area (TPSA) is 113 Å². The normalized spacial score (nSPS) is 13.0. The first-order valence-corrected chi connectivity index (χ1v) is 6.31. The van der Waals surface area contributed by atoms with E-state index in [-0.39, 0.29) is 11.7 Å². The van der Waals surface area contributed by atoms with Gasteiger partial charge in [-0.1, -0.05) is 12.1 Å². The minimum atomic E-state index is -0.686. The zero-order valence-electron chi connectivity index (χ0n) is 12.0. The van der Waals surface area contributed by atoms with Crippen molar-refractivity contribution in [3.8, 4) is 5.75 Å². The van der Waals surface area contributed by atoms with Crippen LogP contribution < -0.4 is 20.9 Å². The molecule has 0 unspecified atom stereocenters. The summed E-state index contributed by atoms with van der Waals surface area (Å²) in [7, 11) is 2.80. The van der Waals surface area contributed by atoms with Crippen LogP contribution in [0.1, 0.15) is 5.56 Å². The molecule has 22 heavy (non-hydrogen) atoms. The smallest absolute Gasteiger partial charge is 0.377 e. The van der Waals surface area contributed by atoms with E-state index in [4.69, 9.17) is 4.74 Å². The molecular weight excluding hydrogens is 290 g/mol. The second kappa shape index (κ2) is 7.07. The fourth-order valence-electron chi connectivity index (χ4n) is 1.57. The molecule has 116 valence electrons. The van der Waals surface area contributed by atoms with Gasteiger partial charge in [0.1, 0.15) is 5.75 Å². The standard InChI is InChI=1S/C13H15N5O4/c1-21-9-5-3-8(4-6-9)7-14-12(19)10-15-17-11(18-16-10)13(20)22-2/h3-6H,7H2,1-2H3,(H,14,19)(H,15,16)(H,17,18). The van der Waals surface area contributed by atoms with Gasteiger partial charge in [0, 0.05) is 6.54 Å². The van der Waals surface area contributed by atoms with Crippen LogP contribution in [-0.2, 0) is 20.9 Å². The van der Waals surface area contributed by atoms with Crippen LogP contribution in [0.5, 0.6) is 5.75 Å². The first-order valence-electron chi connectivity index (χ1n) is 6.31. The highest BCUT2D eigenvalue weighted by Gasteiger charge is 2.19. The predicted octanol–water partition coefficient (Wildman–Crippen LogP) is -0.696. The first kappa shape index (κ1) is 15.3. The van der Waals surface area contributed by atoms with Gasteiger partial charge in [0.05, 0.1) is 14.2 Å². The number of benzene rings is 1. The van der Waals surface area contributed by atoms with Crippen molar-refractivity contribution in [1.29, 1.82) is 0 Å². The summed E-state index contributed by atoms with van der Waals surface area (Å²) in [6.07, 6.45) is 0. The second-order valence-corrected chi connectivity index (χ2v) is 4.17. The van der Waals surface area contributed by atoms with Crippen LogP contribution in [0.25, 0.3) is 0 Å². The molecule has 0 saturated carbocycles. The summed E-state index contributed by atoms with van der Waals surface area (Å²) in [5.41, 5.74) is 5.62. The van der Waals surface area contributed by atoms with Gasteiger partial charge in [0.25, 0.3) is 11.7 Å². The molecule has 0 atom stereocenters. The van der Waals surface area contributed by atoms with E-state index in [1.54, 1.807) is 19.2 Å². The Morgan fingerprint density at radius 3 is 2.27 bits per heavy atom. The molecule has 0 radical (unpaired) electrons. The lowest BCUT2D eigenvalue weighted by molar-refractivity contribution is -0.133. The van der Waals surface area contributed by atoms with Crippen LogP contribution in [0.2, 0.25) is 0 Å². The molecule has 0 saturated heterocycles. The highest BCUT2D eigenvalue weighted by molar-refractivity contribution is 6.41. The Balaban J connectivity index is 1.85. The maximum Gasteiger partial charge on any atom is 0.377 e. The van der Waals surface area contributed by atoms with Gasteiger partial charge in [-0.25, -0.2) is 4.79 Å². The van der Waals surface area contributed by atoms with E-state index in [9.17, 15) is 9.59 Å². The third-order valence-corrected chi connectivity index (χ3v) is 2.75. The van der Waals surface area contributed by atoms with Gasteiger partial charge in [-0.05, 0) is 17.7 Å². The van der Waals surface area contributed by atoms with E-state index in [0.29, 0.717) is 6.54 Å². The maximum absolute atomic E-state index is 11.9. The molecule has 0 spiro atoms. The van der Waals surface area contributed by atoms with E-state index in [2.05, 4.69) is 31.1 Å². The summed E-state index contributed by atoms with van der Waals surface area (Å²) >= 11 is 0. The number of hydrazone groups is 2. The molecule has 0 aromatic heterocycles. The third kappa shape index (κ3) is 3.72. The van der Waals surface area contributed by atoms with Crippen molar-refractivity contribution < 1.29 is 19.1 Å². The summed E-state index contributed by atoms with van der Waals surface area (Å²) in [6.45, 7) is 0.317. The quantitative estimate of drug-likeness (QED) is 0.620. The number of amidine groups is 2. The number of amides is 1. The van der Waals surface area contributed by atoms with Crippen LogP contribution >= 0.6 is 0 Å². The molecule has 0 bridgehead atoms. The van der Waals surface area contributed by atoms with Gasteiger partial charge in [0.15, 0.2) is 0 Å². The van der Waals surface area contributed by atoms with Crippen molar-refractivity contribution in [2.45, 2.75) is 6.54 Å². The van der Waals surface area contributed by atoms with Crippen molar-refractivity contribution >= 4 is 23.5 Å². The average Bonchev–Trinajstić information content (AvgIpc) is 2.59. The number of hydrogen-bond acceptors (Lipinski definition) is 8. The largest absolute Gasteiger partial charge is 0.497 e. The fraction of sp³-hybridized carbons (Fsp3) is 0.231. The SMILES string of the molecule is COC(=O)C1=NNC(C(=O)NCc2ccc(OC)cc2)=NN1. The molecule has 2 rings (SSSR count). The Kier molecular flexibility index (Phi) is 4.91. The lowest BCUT2D eigenvalue weighted by atomic mass is 10.2. The highest BCUT2D eigenvalue weighted by Crippen LogP contribution is 2.10. The average molecular weight is 305 g/mol. The highest BCUT2D eigenvalue weighted by atomic mass is 16.5. The van der Waals surface area contributed by atoms with Gasteiger partial charge >= 0.3 is 5.97 Å². The van der Waals surface area contributed by atoms with Crippen LogP contribution in [0.15, 0.2) is 34.5 Å². The van der Waals surface area contributed by atoms with Crippen LogP contribution in [0, 0.1) is 0 Å². The summed E-state index contributed by atoms with van der Waals surface area (Å²) in [4.78, 5) is 23.1. The Bertz CT molecular complexity index is 624. The summed E-state index contributed by atoms with van der Waals surface area (Å²) in [5, 5.41) is 10.0. The number of nitrogens with zero attached hydrogens (tertiary/aromatic N) is 2. The van der Waals surface area contributed by atoms with Crippen molar-refractivity contribution in [2.24, 2.45) is 10.2 Å². The zero-order valence-corrected chi connectivity index (χ0v) is 12.0. The molecule has 3 N–H and O–H groups in total. The van der Waals surface area contributed by atoms with Crippen LogP contribution in [0.4, 0.5) is 0 Å². The molecule has 1 aromatic rings. The Labute approximate surface area is 126 Å². The monoisotopic (exact) mass is 305 g/mol. The van der Waals surface area contributed by atoms with Crippen molar-refractivity contribution in [1.82, 2.24) is 16.2 Å². The van der Waals surface area contributed by atoms with E-state index in [1.165, 1.54) is 7.11 Å². The molecule has 1 aliphatic rings. The number of carbonyl (C=O) groups excluding carboxylic acids is 2. The number of nitrogens with one attached hydrogen (secondary N) is 3. The molecule has 0 fully saturated rings. The van der Waals surface area contributed by atoms with E-state index in [0.717, 1.165) is 11.3 Å². The number of rotatable bonds is 5. The maximum atomic E-state index is 11.9. The zero-order chi connectivity index (χ0) is 15.9. The lowest BCUT2D eigenvalue weighted by Gasteiger charge is -2.13. The molecule has 1 heterocycles. The number of esters is 1. The molecule has 0 aliphatic carbocycles. The Morgan fingerprint density at radius 1 is 1.09 bits per heavy atom. The third-order valence-electron chi connectivity index (χ3n) is 2.75. The summed E-state index contributed by atoms with van der Waals surface area (Å²) in [5.74, 6) is -0.595. The molecule has 1 amide bonds. The summed E-state index contributed by atoms with van der Waals surface area (Å²) in [6, 6.07) is 7.26. The van der Waals surface area contributed by atoms with Gasteiger partial charge in [-0.2, -0.15) is 0 Å². The number of hydrogen-bond donors (Lipinski definition) is 3. The minimum Gasteiger partial charge on any atom is -0.497 e. The molecule has 1 aliphatic heterocycles. The molecular formula is C13H15N5O4. The van der Waals surface area contributed by atoms with Gasteiger partial charge in [0.2, 0.25) is 5.84 Å². The number of carbonyl (C=O) groups is 2. The predicted molar refractivity (Wildman–Crippen MR) is 78.0 cm³/mol. The van der Waals surface area contributed by atoms with Gasteiger partial charge in [-0.15, -0.1) is 10.2 Å². The lowest BCUT2D eigenvalue weighted by Crippen LogP contribution is -2.45. The van der Waals surface area contributed by atoms with E-state index < -0.39 is 11.9 Å².